The third-order valence-corrected chi connectivity index (χ3v) is 5.72. The van der Waals surface area contributed by atoms with E-state index >= 15 is 0 Å². The highest BCUT2D eigenvalue weighted by Crippen LogP contribution is 2.35. The zero-order valence-corrected chi connectivity index (χ0v) is 15.4. The number of piperidine rings is 1. The lowest BCUT2D eigenvalue weighted by atomic mass is 9.98. The number of carbonyl (C=O) groups is 1. The second kappa shape index (κ2) is 7.80. The number of pyridine rings is 1. The fourth-order valence-electron chi connectivity index (χ4n) is 4.28. The van der Waals surface area contributed by atoms with Crippen molar-refractivity contribution in [2.45, 2.75) is 43.8 Å². The van der Waals surface area contributed by atoms with Crippen LogP contribution in [-0.4, -0.2) is 29.0 Å². The predicted molar refractivity (Wildman–Crippen MR) is 104 cm³/mol. The molecule has 4 atom stereocenters. The highest BCUT2D eigenvalue weighted by molar-refractivity contribution is 5.83. The summed E-state index contributed by atoms with van der Waals surface area (Å²) in [6.07, 6.45) is 5.39. The highest BCUT2D eigenvalue weighted by Gasteiger charge is 2.42. The number of rotatable bonds is 5. The molecule has 2 fully saturated rings. The Morgan fingerprint density at radius 3 is 2.68 bits per heavy atom. The van der Waals surface area contributed by atoms with Crippen LogP contribution in [-0.2, 0) is 11.2 Å². The minimum Gasteiger partial charge on any atom is -0.339 e. The van der Waals surface area contributed by atoms with Crippen LogP contribution in [0.15, 0.2) is 42.6 Å². The van der Waals surface area contributed by atoms with Crippen LogP contribution in [0.4, 0.5) is 0 Å². The Morgan fingerprint density at radius 2 is 2.04 bits per heavy atom. The smallest absolute Gasteiger partial charge is 0.238 e. The standard InChI is InChI=1S/C22H21N5O/c23-12-19-10-16(7-8-25-19)15-3-1-14(2-4-15)9-20(13-24)27-22(28)21-17-5-6-18(11-17)26-21/h1-4,7-8,10,17-18,20-21,26H,5-6,9,11H2,(H,27,28)/t17?,18?,20-,21-/m0/s1. The number of amides is 1. The maximum absolute atomic E-state index is 12.5. The number of carbonyl (C=O) groups excluding carboxylic acids is 1. The molecule has 6 heteroatoms. The normalized spacial score (nSPS) is 23.6. The van der Waals surface area contributed by atoms with Gasteiger partial charge in [0.25, 0.3) is 0 Å². The molecular formula is C22H21N5O. The molecule has 1 amide bonds. The first-order valence-corrected chi connectivity index (χ1v) is 9.58. The van der Waals surface area contributed by atoms with Crippen molar-refractivity contribution in [1.82, 2.24) is 15.6 Å². The molecule has 6 nitrogen and oxygen atoms in total. The minimum absolute atomic E-state index is 0.0591. The molecular weight excluding hydrogens is 350 g/mol. The summed E-state index contributed by atoms with van der Waals surface area (Å²) in [6.45, 7) is 0. The molecule has 2 unspecified atom stereocenters. The molecule has 1 aromatic heterocycles. The second-order valence-electron chi connectivity index (χ2n) is 7.55. The van der Waals surface area contributed by atoms with E-state index in [4.69, 9.17) is 5.26 Å². The lowest BCUT2D eigenvalue weighted by Gasteiger charge is -2.23. The first-order valence-electron chi connectivity index (χ1n) is 9.58. The number of fused-ring (bicyclic) bond motifs is 2. The number of nitrogens with one attached hydrogen (secondary N) is 2. The van der Waals surface area contributed by atoms with Gasteiger partial charge in [-0.1, -0.05) is 24.3 Å². The van der Waals surface area contributed by atoms with Crippen LogP contribution in [0.1, 0.15) is 30.5 Å². The molecule has 2 aliphatic rings. The van der Waals surface area contributed by atoms with E-state index in [1.807, 2.05) is 36.4 Å². The van der Waals surface area contributed by atoms with Crippen molar-refractivity contribution in [2.24, 2.45) is 5.92 Å². The summed E-state index contributed by atoms with van der Waals surface area (Å²) in [5.74, 6) is 0.346. The van der Waals surface area contributed by atoms with E-state index in [2.05, 4.69) is 21.7 Å². The Kier molecular flexibility index (Phi) is 5.06. The summed E-state index contributed by atoms with van der Waals surface area (Å²) < 4.78 is 0. The van der Waals surface area contributed by atoms with Gasteiger partial charge in [0, 0.05) is 18.7 Å². The van der Waals surface area contributed by atoms with Gasteiger partial charge in [0.15, 0.2) is 0 Å². The number of aromatic nitrogens is 1. The van der Waals surface area contributed by atoms with Gasteiger partial charge in [-0.2, -0.15) is 10.5 Å². The highest BCUT2D eigenvalue weighted by atomic mass is 16.2. The zero-order valence-electron chi connectivity index (χ0n) is 15.4. The molecule has 0 spiro atoms. The van der Waals surface area contributed by atoms with Crippen molar-refractivity contribution in [3.8, 4) is 23.3 Å². The minimum atomic E-state index is -0.551. The largest absolute Gasteiger partial charge is 0.339 e. The number of benzene rings is 1. The van der Waals surface area contributed by atoms with Crippen molar-refractivity contribution in [3.05, 3.63) is 53.9 Å². The van der Waals surface area contributed by atoms with Crippen LogP contribution in [0.5, 0.6) is 0 Å². The molecule has 140 valence electrons. The van der Waals surface area contributed by atoms with E-state index < -0.39 is 6.04 Å². The SMILES string of the molecule is N#Cc1cc(-c2ccc(C[C@@H](C#N)NC(=O)[C@H]3NC4CCC3C4)cc2)ccn1. The van der Waals surface area contributed by atoms with Gasteiger partial charge in [-0.3, -0.25) is 4.79 Å². The molecule has 2 heterocycles. The Labute approximate surface area is 164 Å². The van der Waals surface area contributed by atoms with Gasteiger partial charge in [0.05, 0.1) is 12.1 Å². The van der Waals surface area contributed by atoms with Gasteiger partial charge < -0.3 is 10.6 Å². The molecule has 0 radical (unpaired) electrons. The lowest BCUT2D eigenvalue weighted by Crippen LogP contribution is -2.50. The summed E-state index contributed by atoms with van der Waals surface area (Å²) in [4.78, 5) is 16.5. The molecule has 1 aromatic carbocycles. The molecule has 1 saturated carbocycles. The number of nitriles is 2. The van der Waals surface area contributed by atoms with Gasteiger partial charge in [-0.15, -0.1) is 0 Å². The number of nitrogens with zero attached hydrogens (tertiary/aromatic N) is 3. The Bertz CT molecular complexity index is 956. The maximum atomic E-state index is 12.5. The van der Waals surface area contributed by atoms with Crippen molar-refractivity contribution in [3.63, 3.8) is 0 Å². The number of hydrogen-bond acceptors (Lipinski definition) is 5. The lowest BCUT2D eigenvalue weighted by molar-refractivity contribution is -0.124. The summed E-state index contributed by atoms with van der Waals surface area (Å²) >= 11 is 0. The third-order valence-electron chi connectivity index (χ3n) is 5.72. The van der Waals surface area contributed by atoms with E-state index in [0.29, 0.717) is 24.1 Å². The van der Waals surface area contributed by atoms with Gasteiger partial charge in [0.2, 0.25) is 5.91 Å². The van der Waals surface area contributed by atoms with Crippen molar-refractivity contribution >= 4 is 5.91 Å². The van der Waals surface area contributed by atoms with Crippen LogP contribution in [0.2, 0.25) is 0 Å². The van der Waals surface area contributed by atoms with Gasteiger partial charge in [-0.25, -0.2) is 4.98 Å². The summed E-state index contributed by atoms with van der Waals surface area (Å²) in [5, 5.41) is 24.7. The first-order chi connectivity index (χ1) is 13.7. The quantitative estimate of drug-likeness (QED) is 0.840. The fourth-order valence-corrected chi connectivity index (χ4v) is 4.28. The van der Waals surface area contributed by atoms with E-state index in [1.165, 1.54) is 0 Å². The summed E-state index contributed by atoms with van der Waals surface area (Å²) in [6, 6.07) is 15.4. The molecule has 1 saturated heterocycles. The van der Waals surface area contributed by atoms with Gasteiger partial charge >= 0.3 is 0 Å². The Balaban J connectivity index is 1.39. The van der Waals surface area contributed by atoms with Crippen LogP contribution in [0.25, 0.3) is 11.1 Å². The van der Waals surface area contributed by atoms with Crippen molar-refractivity contribution in [1.29, 1.82) is 10.5 Å². The van der Waals surface area contributed by atoms with Gasteiger partial charge in [0.1, 0.15) is 17.8 Å². The average molecular weight is 371 g/mol. The molecule has 2 bridgehead atoms. The predicted octanol–water partition coefficient (Wildman–Crippen LogP) is 2.31. The van der Waals surface area contributed by atoms with Crippen molar-refractivity contribution in [2.75, 3.05) is 0 Å². The van der Waals surface area contributed by atoms with E-state index in [9.17, 15) is 10.1 Å². The van der Waals surface area contributed by atoms with E-state index in [0.717, 1.165) is 36.0 Å². The topological polar surface area (TPSA) is 102 Å². The third kappa shape index (κ3) is 3.74. The molecule has 4 rings (SSSR count). The average Bonchev–Trinajstić information content (AvgIpc) is 3.37. The molecule has 1 aliphatic carbocycles. The maximum Gasteiger partial charge on any atom is 0.238 e. The molecule has 2 aromatic rings. The van der Waals surface area contributed by atoms with Crippen molar-refractivity contribution < 1.29 is 4.79 Å². The summed E-state index contributed by atoms with van der Waals surface area (Å²) in [5.41, 5.74) is 3.26. The van der Waals surface area contributed by atoms with E-state index in [-0.39, 0.29) is 11.9 Å². The van der Waals surface area contributed by atoms with Crippen LogP contribution >= 0.6 is 0 Å². The van der Waals surface area contributed by atoms with Crippen LogP contribution in [0, 0.1) is 28.6 Å². The monoisotopic (exact) mass is 371 g/mol. The number of hydrogen-bond donors (Lipinski definition) is 2. The molecule has 2 N–H and O–H groups in total. The molecule has 28 heavy (non-hydrogen) atoms. The fraction of sp³-hybridized carbons (Fsp3) is 0.364. The first kappa shape index (κ1) is 18.2. The Hall–Kier alpha value is -3.22. The molecule has 1 aliphatic heterocycles. The van der Waals surface area contributed by atoms with Crippen LogP contribution < -0.4 is 10.6 Å². The second-order valence-corrected chi connectivity index (χ2v) is 7.55. The van der Waals surface area contributed by atoms with Crippen LogP contribution in [0.3, 0.4) is 0 Å². The van der Waals surface area contributed by atoms with E-state index in [1.54, 1.807) is 12.3 Å². The zero-order chi connectivity index (χ0) is 19.5. The Morgan fingerprint density at radius 1 is 1.21 bits per heavy atom. The van der Waals surface area contributed by atoms with Gasteiger partial charge in [-0.05, 0) is 54.0 Å². The summed E-state index contributed by atoms with van der Waals surface area (Å²) in [7, 11) is 0.